The number of anilines is 1. The molecule has 0 spiro atoms. The molecule has 0 aliphatic carbocycles. The van der Waals surface area contributed by atoms with Gasteiger partial charge in [-0.1, -0.05) is 18.2 Å². The summed E-state index contributed by atoms with van der Waals surface area (Å²) in [5.41, 5.74) is 1.05. The predicted octanol–water partition coefficient (Wildman–Crippen LogP) is 4.75. The van der Waals surface area contributed by atoms with Crippen molar-refractivity contribution >= 4 is 28.8 Å². The molecule has 0 bridgehead atoms. The van der Waals surface area contributed by atoms with Crippen molar-refractivity contribution in [2.75, 3.05) is 12.4 Å². The molecule has 150 valence electrons. The van der Waals surface area contributed by atoms with Crippen LogP contribution in [-0.4, -0.2) is 23.8 Å². The predicted molar refractivity (Wildman–Crippen MR) is 105 cm³/mol. The molecule has 5 nitrogen and oxygen atoms in total. The molecule has 2 amide bonds. The van der Waals surface area contributed by atoms with Gasteiger partial charge in [0.2, 0.25) is 0 Å². The van der Waals surface area contributed by atoms with Gasteiger partial charge in [-0.2, -0.15) is 13.2 Å². The summed E-state index contributed by atoms with van der Waals surface area (Å²) >= 11 is 1.08. The van der Waals surface area contributed by atoms with E-state index in [1.54, 1.807) is 31.2 Å². The standard InChI is InChI=1S/C20H16F3N3O2S/c1-11-16(18(28)26-15-5-3-4-13(10-15)17(27)24-2)29-19(25-11)12-6-8-14(9-7-12)20(21,22)23/h3-10H,1-2H3,(H,24,27)(H,26,28). The first-order valence-corrected chi connectivity index (χ1v) is 9.29. The highest BCUT2D eigenvalue weighted by Gasteiger charge is 2.30. The fourth-order valence-electron chi connectivity index (χ4n) is 2.60. The van der Waals surface area contributed by atoms with Crippen LogP contribution in [0.5, 0.6) is 0 Å². The quantitative estimate of drug-likeness (QED) is 0.641. The molecule has 9 heteroatoms. The van der Waals surface area contributed by atoms with E-state index < -0.39 is 17.6 Å². The largest absolute Gasteiger partial charge is 0.416 e. The summed E-state index contributed by atoms with van der Waals surface area (Å²) in [6.45, 7) is 1.65. The smallest absolute Gasteiger partial charge is 0.355 e. The molecule has 0 saturated carbocycles. The first-order valence-electron chi connectivity index (χ1n) is 8.47. The lowest BCUT2D eigenvalue weighted by Gasteiger charge is -2.06. The number of benzene rings is 2. The average Bonchev–Trinajstić information content (AvgIpc) is 3.09. The highest BCUT2D eigenvalue weighted by atomic mass is 32.1. The lowest BCUT2D eigenvalue weighted by Crippen LogP contribution is -2.18. The molecule has 1 aromatic heterocycles. The number of hydrogen-bond acceptors (Lipinski definition) is 4. The number of alkyl halides is 3. The maximum Gasteiger partial charge on any atom is 0.416 e. The average molecular weight is 419 g/mol. The van der Waals surface area contributed by atoms with Crippen molar-refractivity contribution in [2.24, 2.45) is 0 Å². The van der Waals surface area contributed by atoms with E-state index in [4.69, 9.17) is 0 Å². The van der Waals surface area contributed by atoms with Gasteiger partial charge >= 0.3 is 6.18 Å². The molecule has 0 saturated heterocycles. The van der Waals surface area contributed by atoms with Crippen molar-refractivity contribution in [2.45, 2.75) is 13.1 Å². The third kappa shape index (κ3) is 4.62. The third-order valence-electron chi connectivity index (χ3n) is 4.07. The zero-order valence-corrected chi connectivity index (χ0v) is 16.2. The van der Waals surface area contributed by atoms with Gasteiger partial charge in [-0.3, -0.25) is 9.59 Å². The Kier molecular flexibility index (Phi) is 5.69. The van der Waals surface area contributed by atoms with Crippen LogP contribution in [-0.2, 0) is 6.18 Å². The molecule has 1 heterocycles. The minimum absolute atomic E-state index is 0.278. The van der Waals surface area contributed by atoms with Crippen molar-refractivity contribution in [3.8, 4) is 10.6 Å². The molecule has 0 fully saturated rings. The van der Waals surface area contributed by atoms with Crippen LogP contribution >= 0.6 is 11.3 Å². The molecule has 2 N–H and O–H groups in total. The van der Waals surface area contributed by atoms with Gasteiger partial charge in [-0.05, 0) is 37.3 Å². The van der Waals surface area contributed by atoms with E-state index in [0.717, 1.165) is 23.5 Å². The number of aromatic nitrogens is 1. The number of nitrogens with zero attached hydrogens (tertiary/aromatic N) is 1. The first-order chi connectivity index (χ1) is 13.7. The normalized spacial score (nSPS) is 11.2. The van der Waals surface area contributed by atoms with Gasteiger partial charge in [0.05, 0.1) is 11.3 Å². The van der Waals surface area contributed by atoms with Crippen molar-refractivity contribution in [3.63, 3.8) is 0 Å². The number of rotatable bonds is 4. The van der Waals surface area contributed by atoms with Gasteiger partial charge in [0.15, 0.2) is 0 Å². The molecule has 3 rings (SSSR count). The fourth-order valence-corrected chi connectivity index (χ4v) is 3.57. The number of halogens is 3. The molecule has 0 aliphatic heterocycles. The van der Waals surface area contributed by atoms with Gasteiger partial charge in [-0.25, -0.2) is 4.98 Å². The van der Waals surface area contributed by atoms with E-state index in [0.29, 0.717) is 32.4 Å². The molecule has 0 atom stereocenters. The second-order valence-corrected chi connectivity index (χ2v) is 7.12. The Bertz CT molecular complexity index is 1060. The molecule has 2 aromatic carbocycles. The summed E-state index contributed by atoms with van der Waals surface area (Å²) in [6.07, 6.45) is -4.41. The minimum atomic E-state index is -4.41. The summed E-state index contributed by atoms with van der Waals surface area (Å²) in [4.78, 5) is 29.0. The molecule has 0 aliphatic rings. The van der Waals surface area contributed by atoms with Crippen molar-refractivity contribution < 1.29 is 22.8 Å². The van der Waals surface area contributed by atoms with Crippen molar-refractivity contribution in [3.05, 3.63) is 70.2 Å². The lowest BCUT2D eigenvalue weighted by molar-refractivity contribution is -0.137. The van der Waals surface area contributed by atoms with Gasteiger partial charge < -0.3 is 10.6 Å². The molecule has 3 aromatic rings. The van der Waals surface area contributed by atoms with Crippen LogP contribution in [0.4, 0.5) is 18.9 Å². The van der Waals surface area contributed by atoms with E-state index in [9.17, 15) is 22.8 Å². The number of aryl methyl sites for hydroxylation is 1. The zero-order chi connectivity index (χ0) is 21.2. The maximum atomic E-state index is 12.7. The van der Waals surface area contributed by atoms with Crippen LogP contribution in [0.1, 0.15) is 31.3 Å². The zero-order valence-electron chi connectivity index (χ0n) is 15.4. The van der Waals surface area contributed by atoms with E-state index in [1.165, 1.54) is 19.2 Å². The van der Waals surface area contributed by atoms with Crippen LogP contribution < -0.4 is 10.6 Å². The number of thiazole rings is 1. The first kappa shape index (κ1) is 20.5. The Morgan fingerprint density at radius 1 is 1.03 bits per heavy atom. The van der Waals surface area contributed by atoms with Gasteiger partial charge in [0, 0.05) is 23.9 Å². The maximum absolute atomic E-state index is 12.7. The minimum Gasteiger partial charge on any atom is -0.355 e. The Morgan fingerprint density at radius 2 is 1.72 bits per heavy atom. The SMILES string of the molecule is CNC(=O)c1cccc(NC(=O)c2sc(-c3ccc(C(F)(F)F)cc3)nc2C)c1. The van der Waals surface area contributed by atoms with Crippen LogP contribution in [0.25, 0.3) is 10.6 Å². The van der Waals surface area contributed by atoms with Crippen LogP contribution in [0.2, 0.25) is 0 Å². The topological polar surface area (TPSA) is 71.1 Å². The molecule has 0 radical (unpaired) electrons. The summed E-state index contributed by atoms with van der Waals surface area (Å²) in [6, 6.07) is 11.1. The van der Waals surface area contributed by atoms with Crippen LogP contribution in [0.15, 0.2) is 48.5 Å². The number of amides is 2. The number of carbonyl (C=O) groups excluding carboxylic acids is 2. The van der Waals surface area contributed by atoms with Crippen molar-refractivity contribution in [1.82, 2.24) is 10.3 Å². The highest BCUT2D eigenvalue weighted by Crippen LogP contribution is 2.33. The van der Waals surface area contributed by atoms with E-state index in [1.807, 2.05) is 0 Å². The number of carbonyl (C=O) groups is 2. The van der Waals surface area contributed by atoms with Crippen molar-refractivity contribution in [1.29, 1.82) is 0 Å². The Morgan fingerprint density at radius 3 is 2.34 bits per heavy atom. The van der Waals surface area contributed by atoms with Gasteiger partial charge in [0.25, 0.3) is 11.8 Å². The second kappa shape index (κ2) is 8.04. The molecule has 29 heavy (non-hydrogen) atoms. The Labute approximate surface area is 168 Å². The lowest BCUT2D eigenvalue weighted by atomic mass is 10.1. The monoisotopic (exact) mass is 419 g/mol. The van der Waals surface area contributed by atoms with Crippen LogP contribution in [0, 0.1) is 6.92 Å². The third-order valence-corrected chi connectivity index (χ3v) is 5.28. The van der Waals surface area contributed by atoms with Crippen LogP contribution in [0.3, 0.4) is 0 Å². The number of nitrogens with one attached hydrogen (secondary N) is 2. The summed E-state index contributed by atoms with van der Waals surface area (Å²) in [5, 5.41) is 5.67. The Hall–Kier alpha value is -3.20. The summed E-state index contributed by atoms with van der Waals surface area (Å²) in [5.74, 6) is -0.688. The summed E-state index contributed by atoms with van der Waals surface area (Å²) in [7, 11) is 1.51. The van der Waals surface area contributed by atoms with E-state index in [2.05, 4.69) is 15.6 Å². The molecular formula is C20H16F3N3O2S. The van der Waals surface area contributed by atoms with E-state index >= 15 is 0 Å². The Balaban J connectivity index is 1.81. The molecule has 0 unspecified atom stereocenters. The highest BCUT2D eigenvalue weighted by molar-refractivity contribution is 7.17. The molecular weight excluding hydrogens is 403 g/mol. The summed E-state index contributed by atoms with van der Waals surface area (Å²) < 4.78 is 38.1. The number of hydrogen-bond donors (Lipinski definition) is 2. The second-order valence-electron chi connectivity index (χ2n) is 6.12. The fraction of sp³-hybridized carbons (Fsp3) is 0.150. The van der Waals surface area contributed by atoms with Gasteiger partial charge in [0.1, 0.15) is 9.88 Å². The van der Waals surface area contributed by atoms with Gasteiger partial charge in [-0.15, -0.1) is 11.3 Å². The van der Waals surface area contributed by atoms with E-state index in [-0.39, 0.29) is 5.91 Å².